The molecule has 0 aliphatic heterocycles. The van der Waals surface area contributed by atoms with Gasteiger partial charge in [0.25, 0.3) is 0 Å². The van der Waals surface area contributed by atoms with Gasteiger partial charge in [-0.25, -0.2) is 4.98 Å². The fraction of sp³-hybridized carbons (Fsp3) is 0.333. The Bertz CT molecular complexity index is 735. The summed E-state index contributed by atoms with van der Waals surface area (Å²) in [6.45, 7) is 9.89. The van der Waals surface area contributed by atoms with Crippen molar-refractivity contribution >= 4 is 40.4 Å². The third-order valence-electron chi connectivity index (χ3n) is 3.63. The van der Waals surface area contributed by atoms with E-state index < -0.39 is 0 Å². The number of allylic oxidation sites excluding steroid dienone is 1. The first-order valence-electron chi connectivity index (χ1n) is 7.42. The number of thiazole rings is 1. The number of rotatable bonds is 6. The van der Waals surface area contributed by atoms with Crippen LogP contribution in [0, 0.1) is 6.92 Å². The molecule has 0 N–H and O–H groups in total. The van der Waals surface area contributed by atoms with E-state index in [1.165, 1.54) is 0 Å². The van der Waals surface area contributed by atoms with Crippen molar-refractivity contribution in [3.8, 4) is 5.75 Å². The fourth-order valence-electron chi connectivity index (χ4n) is 2.27. The van der Waals surface area contributed by atoms with Crippen molar-refractivity contribution in [1.82, 2.24) is 4.98 Å². The second-order valence-electron chi connectivity index (χ2n) is 5.52. The van der Waals surface area contributed by atoms with E-state index in [0.717, 1.165) is 33.3 Å². The molecule has 5 heteroatoms. The molecule has 0 unspecified atom stereocenters. The van der Waals surface area contributed by atoms with Gasteiger partial charge in [-0.1, -0.05) is 31.5 Å². The van der Waals surface area contributed by atoms with Crippen LogP contribution in [0.5, 0.6) is 5.75 Å². The Morgan fingerprint density at radius 2 is 2.22 bits per heavy atom. The van der Waals surface area contributed by atoms with Crippen LogP contribution < -0.4 is 4.74 Å². The first kappa shape index (κ1) is 17.7. The van der Waals surface area contributed by atoms with Gasteiger partial charge in [-0.05, 0) is 31.7 Å². The third kappa shape index (κ3) is 4.01. The fourth-order valence-corrected chi connectivity index (χ4v) is 3.42. The molecular formula is C18H21ClN2OS. The molecule has 0 spiro atoms. The van der Waals surface area contributed by atoms with Gasteiger partial charge < -0.3 is 4.74 Å². The van der Waals surface area contributed by atoms with Crippen LogP contribution >= 0.6 is 22.9 Å². The molecule has 0 saturated carbocycles. The Morgan fingerprint density at radius 3 is 2.78 bits per heavy atom. The smallest absolute Gasteiger partial charge is 0.123 e. The van der Waals surface area contributed by atoms with E-state index in [1.54, 1.807) is 18.4 Å². The minimum Gasteiger partial charge on any atom is -0.496 e. The van der Waals surface area contributed by atoms with E-state index in [2.05, 4.69) is 35.9 Å². The third-order valence-corrected chi connectivity index (χ3v) is 4.88. The lowest BCUT2D eigenvalue weighted by Crippen LogP contribution is -1.91. The molecule has 1 heterocycles. The molecule has 1 aromatic heterocycles. The maximum atomic E-state index is 6.49. The van der Waals surface area contributed by atoms with Crippen molar-refractivity contribution in [2.75, 3.05) is 7.11 Å². The van der Waals surface area contributed by atoms with Gasteiger partial charge in [0.15, 0.2) is 0 Å². The van der Waals surface area contributed by atoms with Gasteiger partial charge in [-0.2, -0.15) is 0 Å². The molecule has 1 aromatic carbocycles. The van der Waals surface area contributed by atoms with Crippen molar-refractivity contribution in [2.45, 2.75) is 33.1 Å². The van der Waals surface area contributed by atoms with Crippen molar-refractivity contribution in [3.05, 3.63) is 45.4 Å². The number of hydrogen-bond donors (Lipinski definition) is 0. The highest BCUT2D eigenvalue weighted by Gasteiger charge is 2.12. The lowest BCUT2D eigenvalue weighted by atomic mass is 10.1. The van der Waals surface area contributed by atoms with Crippen molar-refractivity contribution in [3.63, 3.8) is 0 Å². The number of hydrogen-bond acceptors (Lipinski definition) is 4. The lowest BCUT2D eigenvalue weighted by molar-refractivity contribution is 0.412. The molecule has 0 aliphatic rings. The summed E-state index contributed by atoms with van der Waals surface area (Å²) >= 11 is 8.15. The standard InChI is InChI=1S/C18H21ClN2OS/c1-11(2)15-10-23-17(21-15)9-7-14(19)13-6-8-16(22-5)12(3)18(13)20-4/h6-8,10-11H,4,9H2,1-3,5H3/b14-7+. The van der Waals surface area contributed by atoms with Crippen LogP contribution in [0.25, 0.3) is 5.03 Å². The minimum absolute atomic E-state index is 0.445. The highest BCUT2D eigenvalue weighted by Crippen LogP contribution is 2.37. The molecule has 0 bridgehead atoms. The average Bonchev–Trinajstić information content (AvgIpc) is 3.01. The normalized spacial score (nSPS) is 11.8. The van der Waals surface area contributed by atoms with Gasteiger partial charge >= 0.3 is 0 Å². The molecule has 122 valence electrons. The summed E-state index contributed by atoms with van der Waals surface area (Å²) in [6, 6.07) is 3.81. The van der Waals surface area contributed by atoms with E-state index in [0.29, 0.717) is 17.4 Å². The molecule has 0 aliphatic carbocycles. The minimum atomic E-state index is 0.445. The number of aliphatic imine (C=N–C) groups is 1. The van der Waals surface area contributed by atoms with Crippen LogP contribution in [0.15, 0.2) is 28.6 Å². The Hall–Kier alpha value is -1.65. The highest BCUT2D eigenvalue weighted by molar-refractivity contribution is 7.09. The molecule has 0 atom stereocenters. The maximum Gasteiger partial charge on any atom is 0.123 e. The van der Waals surface area contributed by atoms with E-state index in [-0.39, 0.29) is 0 Å². The van der Waals surface area contributed by atoms with Gasteiger partial charge in [0.1, 0.15) is 5.75 Å². The summed E-state index contributed by atoms with van der Waals surface area (Å²) in [4.78, 5) is 8.74. The quantitative estimate of drug-likeness (QED) is 0.624. The molecule has 0 amide bonds. The number of methoxy groups -OCH3 is 1. The zero-order chi connectivity index (χ0) is 17.0. The van der Waals surface area contributed by atoms with Crippen LogP contribution in [0.2, 0.25) is 0 Å². The van der Waals surface area contributed by atoms with Gasteiger partial charge in [-0.3, -0.25) is 4.99 Å². The second-order valence-corrected chi connectivity index (χ2v) is 6.87. The Kier molecular flexibility index (Phi) is 5.97. The zero-order valence-corrected chi connectivity index (χ0v) is 15.5. The van der Waals surface area contributed by atoms with Crippen LogP contribution in [-0.4, -0.2) is 18.8 Å². The molecule has 2 aromatic rings. The van der Waals surface area contributed by atoms with Crippen LogP contribution in [0.1, 0.15) is 41.6 Å². The first-order valence-corrected chi connectivity index (χ1v) is 8.68. The summed E-state index contributed by atoms with van der Waals surface area (Å²) < 4.78 is 5.32. The number of ether oxygens (including phenoxy) is 1. The monoisotopic (exact) mass is 348 g/mol. The summed E-state index contributed by atoms with van der Waals surface area (Å²) in [5.74, 6) is 1.22. The maximum absolute atomic E-state index is 6.49. The zero-order valence-electron chi connectivity index (χ0n) is 13.9. The molecule has 0 fully saturated rings. The van der Waals surface area contributed by atoms with Gasteiger partial charge in [0.05, 0.1) is 23.5 Å². The number of nitrogens with zero attached hydrogens (tertiary/aromatic N) is 2. The van der Waals surface area contributed by atoms with Crippen molar-refractivity contribution in [1.29, 1.82) is 0 Å². The van der Waals surface area contributed by atoms with Crippen LogP contribution in [0.3, 0.4) is 0 Å². The Morgan fingerprint density at radius 1 is 1.48 bits per heavy atom. The van der Waals surface area contributed by atoms with E-state index >= 15 is 0 Å². The average molecular weight is 349 g/mol. The SMILES string of the molecule is C=Nc1c(/C(Cl)=C\Cc2nc(C(C)C)cs2)ccc(OC)c1C. The van der Waals surface area contributed by atoms with Crippen molar-refractivity contribution in [2.24, 2.45) is 4.99 Å². The molecule has 0 radical (unpaired) electrons. The Balaban J connectivity index is 2.26. The van der Waals surface area contributed by atoms with E-state index in [1.807, 2.05) is 25.1 Å². The largest absolute Gasteiger partial charge is 0.496 e. The topological polar surface area (TPSA) is 34.5 Å². The summed E-state index contributed by atoms with van der Waals surface area (Å²) in [5.41, 5.74) is 3.68. The first-order chi connectivity index (χ1) is 11.0. The molecule has 23 heavy (non-hydrogen) atoms. The number of benzene rings is 1. The van der Waals surface area contributed by atoms with Crippen LogP contribution in [-0.2, 0) is 6.42 Å². The second kappa shape index (κ2) is 7.75. The predicted octanol–water partition coefficient (Wildman–Crippen LogP) is 5.74. The van der Waals surface area contributed by atoms with Crippen LogP contribution in [0.4, 0.5) is 5.69 Å². The Labute approximate surface area is 146 Å². The molecule has 2 rings (SSSR count). The van der Waals surface area contributed by atoms with E-state index in [9.17, 15) is 0 Å². The molecular weight excluding hydrogens is 328 g/mol. The number of halogens is 1. The predicted molar refractivity (Wildman–Crippen MR) is 101 cm³/mol. The van der Waals surface area contributed by atoms with Gasteiger partial charge in [-0.15, -0.1) is 11.3 Å². The highest BCUT2D eigenvalue weighted by atomic mass is 35.5. The van der Waals surface area contributed by atoms with Gasteiger partial charge in [0, 0.05) is 28.0 Å². The lowest BCUT2D eigenvalue weighted by Gasteiger charge is -2.11. The van der Waals surface area contributed by atoms with Gasteiger partial charge in [0.2, 0.25) is 0 Å². The van der Waals surface area contributed by atoms with E-state index in [4.69, 9.17) is 16.3 Å². The summed E-state index contributed by atoms with van der Waals surface area (Å²) in [5, 5.41) is 3.82. The molecule has 3 nitrogen and oxygen atoms in total. The summed E-state index contributed by atoms with van der Waals surface area (Å²) in [7, 11) is 1.64. The number of aromatic nitrogens is 1. The summed E-state index contributed by atoms with van der Waals surface area (Å²) in [6.07, 6.45) is 2.68. The molecule has 0 saturated heterocycles. The van der Waals surface area contributed by atoms with Crippen molar-refractivity contribution < 1.29 is 4.74 Å².